The Morgan fingerprint density at radius 1 is 0.946 bits per heavy atom. The highest BCUT2D eigenvalue weighted by Crippen LogP contribution is 2.24. The van der Waals surface area contributed by atoms with Gasteiger partial charge in [-0.2, -0.15) is 0 Å². The molecule has 194 valence electrons. The number of rotatable bonds is 12. The molecule has 0 heterocycles. The van der Waals surface area contributed by atoms with Gasteiger partial charge in [0.05, 0.1) is 0 Å². The molecule has 0 aliphatic rings. The van der Waals surface area contributed by atoms with Gasteiger partial charge in [0, 0.05) is 37.0 Å². The minimum absolute atomic E-state index is 0.194. The van der Waals surface area contributed by atoms with Gasteiger partial charge in [-0.05, 0) is 59.8 Å². The van der Waals surface area contributed by atoms with Gasteiger partial charge in [0.25, 0.3) is 5.91 Å². The molecule has 0 bridgehead atoms. The maximum atomic E-state index is 12.7. The van der Waals surface area contributed by atoms with Crippen LogP contribution in [0.2, 0.25) is 0 Å². The molecule has 0 atom stereocenters. The minimum atomic E-state index is -0.405. The van der Waals surface area contributed by atoms with Gasteiger partial charge in [-0.15, -0.1) is 0 Å². The number of hydrogen-bond donors (Lipinski definition) is 2. The molecule has 0 radical (unpaired) electrons. The van der Waals surface area contributed by atoms with Crippen LogP contribution in [-0.4, -0.2) is 38.4 Å². The summed E-state index contributed by atoms with van der Waals surface area (Å²) in [5.74, 6) is 0.112. The number of benzene rings is 3. The zero-order valence-electron chi connectivity index (χ0n) is 21.7. The van der Waals surface area contributed by atoms with E-state index in [-0.39, 0.29) is 12.5 Å². The molecule has 0 saturated heterocycles. The van der Waals surface area contributed by atoms with Gasteiger partial charge in [0.15, 0.2) is 0 Å². The summed E-state index contributed by atoms with van der Waals surface area (Å²) in [6.07, 6.45) is 1.07. The average molecular weight is 502 g/mol. The fourth-order valence-electron chi connectivity index (χ4n) is 3.75. The Morgan fingerprint density at radius 3 is 2.46 bits per heavy atom. The largest absolute Gasteiger partial charge is 0.444 e. The molecule has 0 fully saturated rings. The van der Waals surface area contributed by atoms with Crippen LogP contribution >= 0.6 is 0 Å². The first-order chi connectivity index (χ1) is 17.9. The Bertz CT molecular complexity index is 1190. The van der Waals surface area contributed by atoms with Crippen molar-refractivity contribution < 1.29 is 19.1 Å². The maximum Gasteiger partial charge on any atom is 0.414 e. The van der Waals surface area contributed by atoms with Crippen molar-refractivity contribution in [1.29, 1.82) is 0 Å². The van der Waals surface area contributed by atoms with Crippen molar-refractivity contribution in [3.8, 4) is 0 Å². The lowest BCUT2D eigenvalue weighted by atomic mass is 9.99. The number of hydrogen-bond acceptors (Lipinski definition) is 5. The predicted octanol–water partition coefficient (Wildman–Crippen LogP) is 5.31. The molecule has 2 amide bonds. The van der Waals surface area contributed by atoms with Crippen molar-refractivity contribution in [1.82, 2.24) is 10.6 Å². The molecule has 0 saturated carbocycles. The van der Waals surface area contributed by atoms with Gasteiger partial charge in [0.1, 0.15) is 12.9 Å². The number of carbonyl (C=O) groups is 3. The Labute approximate surface area is 218 Å². The highest BCUT2D eigenvalue weighted by atomic mass is 16.6. The summed E-state index contributed by atoms with van der Waals surface area (Å²) in [4.78, 5) is 37.4. The Hall–Kier alpha value is -3.97. The van der Waals surface area contributed by atoms with E-state index in [1.54, 1.807) is 31.3 Å². The van der Waals surface area contributed by atoms with Crippen molar-refractivity contribution in [2.24, 2.45) is 0 Å². The first-order valence-corrected chi connectivity index (χ1v) is 12.5. The topological polar surface area (TPSA) is 87.7 Å². The van der Waals surface area contributed by atoms with E-state index < -0.39 is 6.09 Å². The molecule has 3 aromatic rings. The van der Waals surface area contributed by atoms with Crippen LogP contribution in [-0.2, 0) is 17.9 Å². The second-order valence-corrected chi connectivity index (χ2v) is 9.22. The first kappa shape index (κ1) is 27.6. The summed E-state index contributed by atoms with van der Waals surface area (Å²) in [7, 11) is 1.72. The summed E-state index contributed by atoms with van der Waals surface area (Å²) >= 11 is 0. The van der Waals surface area contributed by atoms with Crippen LogP contribution in [0.3, 0.4) is 0 Å². The maximum absolute atomic E-state index is 12.7. The third-order valence-corrected chi connectivity index (χ3v) is 5.96. The van der Waals surface area contributed by atoms with Gasteiger partial charge >= 0.3 is 6.09 Å². The van der Waals surface area contributed by atoms with E-state index in [1.807, 2.05) is 42.5 Å². The van der Waals surface area contributed by atoms with Crippen LogP contribution in [0.1, 0.15) is 63.6 Å². The third-order valence-electron chi connectivity index (χ3n) is 5.96. The van der Waals surface area contributed by atoms with Crippen LogP contribution in [0, 0.1) is 0 Å². The van der Waals surface area contributed by atoms with E-state index in [0.29, 0.717) is 36.7 Å². The van der Waals surface area contributed by atoms with E-state index in [9.17, 15) is 14.4 Å². The second kappa shape index (κ2) is 13.9. The monoisotopic (exact) mass is 501 g/mol. The summed E-state index contributed by atoms with van der Waals surface area (Å²) < 4.78 is 5.49. The smallest absolute Gasteiger partial charge is 0.414 e. The summed E-state index contributed by atoms with van der Waals surface area (Å²) in [5.41, 5.74) is 4.89. The highest BCUT2D eigenvalue weighted by molar-refractivity contribution is 5.95. The fraction of sp³-hybridized carbons (Fsp3) is 0.300. The molecule has 37 heavy (non-hydrogen) atoms. The van der Waals surface area contributed by atoms with E-state index >= 15 is 0 Å². The van der Waals surface area contributed by atoms with E-state index in [2.05, 4.69) is 30.5 Å². The standard InChI is InChI=1S/C30H35N3O4/c1-22(2)27-16-25(17-28(18-27)33(3)30(36)37-21-23-9-5-4-6-10-23)19-31-13-8-14-32-29(35)26-12-7-11-24(15-26)20-34/h4-7,9-12,15-18,20,22,31H,8,13-14,19,21H2,1-3H3,(H,32,35). The molecule has 0 aliphatic heterocycles. The van der Waals surface area contributed by atoms with Gasteiger partial charge in [-0.3, -0.25) is 14.5 Å². The van der Waals surface area contributed by atoms with Crippen molar-refractivity contribution in [2.45, 2.75) is 39.3 Å². The summed E-state index contributed by atoms with van der Waals surface area (Å²) in [6.45, 7) is 6.33. The Kier molecular flexibility index (Phi) is 10.4. The number of amides is 2. The van der Waals surface area contributed by atoms with Crippen molar-refractivity contribution in [3.05, 3.63) is 101 Å². The lowest BCUT2D eigenvalue weighted by Crippen LogP contribution is -2.28. The molecule has 0 spiro atoms. The highest BCUT2D eigenvalue weighted by Gasteiger charge is 2.15. The first-order valence-electron chi connectivity index (χ1n) is 12.5. The van der Waals surface area contributed by atoms with Crippen molar-refractivity contribution >= 4 is 24.0 Å². The Balaban J connectivity index is 1.49. The molecule has 0 aromatic heterocycles. The van der Waals surface area contributed by atoms with Gasteiger partial charge < -0.3 is 15.4 Å². The number of ether oxygens (including phenoxy) is 1. The zero-order chi connectivity index (χ0) is 26.6. The second-order valence-electron chi connectivity index (χ2n) is 9.22. The number of aldehydes is 1. The van der Waals surface area contributed by atoms with Crippen molar-refractivity contribution in [3.63, 3.8) is 0 Å². The van der Waals surface area contributed by atoms with Gasteiger partial charge in [-0.1, -0.05) is 62.4 Å². The average Bonchev–Trinajstić information content (AvgIpc) is 2.93. The number of carbonyl (C=O) groups excluding carboxylic acids is 3. The minimum Gasteiger partial charge on any atom is -0.444 e. The molecular weight excluding hydrogens is 466 g/mol. The lowest BCUT2D eigenvalue weighted by Gasteiger charge is -2.20. The number of nitrogens with zero attached hydrogens (tertiary/aromatic N) is 1. The van der Waals surface area contributed by atoms with Crippen LogP contribution in [0.4, 0.5) is 10.5 Å². The quantitative estimate of drug-likeness (QED) is 0.260. The molecule has 0 aliphatic carbocycles. The number of anilines is 1. The van der Waals surface area contributed by atoms with Crippen molar-refractivity contribution in [2.75, 3.05) is 25.0 Å². The summed E-state index contributed by atoms with van der Waals surface area (Å²) in [5, 5.41) is 6.29. The molecule has 2 N–H and O–H groups in total. The van der Waals surface area contributed by atoms with E-state index in [1.165, 1.54) is 4.90 Å². The van der Waals surface area contributed by atoms with Crippen LogP contribution in [0.15, 0.2) is 72.8 Å². The molecule has 0 unspecified atom stereocenters. The van der Waals surface area contributed by atoms with E-state index in [0.717, 1.165) is 35.1 Å². The molecule has 3 rings (SSSR count). The normalized spacial score (nSPS) is 10.7. The third kappa shape index (κ3) is 8.58. The molecular formula is C30H35N3O4. The Morgan fingerprint density at radius 2 is 1.73 bits per heavy atom. The van der Waals surface area contributed by atoms with Gasteiger partial charge in [0.2, 0.25) is 0 Å². The fourth-order valence-corrected chi connectivity index (χ4v) is 3.75. The number of nitrogens with one attached hydrogen (secondary N) is 2. The van der Waals surface area contributed by atoms with Gasteiger partial charge in [-0.25, -0.2) is 4.79 Å². The molecule has 7 heteroatoms. The molecule has 3 aromatic carbocycles. The zero-order valence-corrected chi connectivity index (χ0v) is 21.7. The van der Waals surface area contributed by atoms with Crippen LogP contribution in [0.25, 0.3) is 0 Å². The van der Waals surface area contributed by atoms with Crippen LogP contribution in [0.5, 0.6) is 0 Å². The predicted molar refractivity (Wildman–Crippen MR) is 146 cm³/mol. The SMILES string of the molecule is CC(C)c1cc(CNCCCNC(=O)c2cccc(C=O)c2)cc(N(C)C(=O)OCc2ccccc2)c1. The molecule has 7 nitrogen and oxygen atoms in total. The van der Waals surface area contributed by atoms with E-state index in [4.69, 9.17) is 4.74 Å². The summed E-state index contributed by atoms with van der Waals surface area (Å²) in [6, 6.07) is 22.4. The lowest BCUT2D eigenvalue weighted by molar-refractivity contribution is 0.0953. The van der Waals surface area contributed by atoms with Crippen LogP contribution < -0.4 is 15.5 Å².